The molecule has 41 heavy (non-hydrogen) atoms. The molecule has 2 aromatic heterocycles. The van der Waals surface area contributed by atoms with Crippen LogP contribution in [0.2, 0.25) is 0 Å². The molecule has 1 unspecified atom stereocenters. The van der Waals surface area contributed by atoms with E-state index in [1.165, 1.54) is 0 Å². The largest absolute Gasteiger partial charge is 0.450 e. The smallest absolute Gasteiger partial charge is 0.410 e. The minimum absolute atomic E-state index is 0.00825. The summed E-state index contributed by atoms with van der Waals surface area (Å²) < 4.78 is 6.84. The number of carbonyl (C=O) groups excluding carboxylic acids is 3. The molecule has 2 aliphatic rings. The van der Waals surface area contributed by atoms with Crippen LogP contribution in [-0.4, -0.2) is 119 Å². The summed E-state index contributed by atoms with van der Waals surface area (Å²) in [6.45, 7) is 4.79. The Kier molecular flexibility index (Phi) is 8.20. The molecular weight excluding hydrogens is 524 g/mol. The number of benzene rings is 1. The van der Waals surface area contributed by atoms with Gasteiger partial charge in [-0.3, -0.25) is 14.5 Å². The van der Waals surface area contributed by atoms with Crippen LogP contribution < -0.4 is 5.32 Å². The SMILES string of the molecule is CCOC(=O)N1CC=C(c2cccn3nc(Nc4ccc(C(=O)N5CCN(C)C(C(=O)N(C)C)C5)cc4)nc23)CC1. The van der Waals surface area contributed by atoms with Crippen molar-refractivity contribution >= 4 is 40.8 Å². The lowest BCUT2D eigenvalue weighted by atomic mass is 10.0. The maximum absolute atomic E-state index is 13.2. The van der Waals surface area contributed by atoms with Crippen molar-refractivity contribution in [1.29, 1.82) is 0 Å². The number of piperazine rings is 1. The van der Waals surface area contributed by atoms with Gasteiger partial charge in [0.2, 0.25) is 11.9 Å². The number of anilines is 2. The highest BCUT2D eigenvalue weighted by Crippen LogP contribution is 2.27. The molecule has 1 fully saturated rings. The number of likely N-dealkylation sites (N-methyl/N-ethyl adjacent to an activating group) is 2. The first-order valence-electron chi connectivity index (χ1n) is 13.8. The van der Waals surface area contributed by atoms with Crippen LogP contribution in [0.15, 0.2) is 48.7 Å². The van der Waals surface area contributed by atoms with Crippen molar-refractivity contribution in [3.05, 3.63) is 59.8 Å². The van der Waals surface area contributed by atoms with E-state index in [0.717, 1.165) is 22.5 Å². The zero-order valence-electron chi connectivity index (χ0n) is 23.9. The Morgan fingerprint density at radius 1 is 1.07 bits per heavy atom. The van der Waals surface area contributed by atoms with Crippen LogP contribution >= 0.6 is 0 Å². The number of amides is 3. The van der Waals surface area contributed by atoms with Gasteiger partial charge in [0.1, 0.15) is 6.04 Å². The molecule has 1 aromatic carbocycles. The second kappa shape index (κ2) is 12.0. The summed E-state index contributed by atoms with van der Waals surface area (Å²) in [6.07, 6.45) is 4.28. The van der Waals surface area contributed by atoms with Crippen LogP contribution in [0.4, 0.5) is 16.4 Å². The average Bonchev–Trinajstić information content (AvgIpc) is 3.40. The molecule has 216 valence electrons. The number of aromatic nitrogens is 3. The number of fused-ring (bicyclic) bond motifs is 1. The van der Waals surface area contributed by atoms with Crippen molar-refractivity contribution in [2.45, 2.75) is 19.4 Å². The average molecular weight is 561 g/mol. The third-order valence-corrected chi connectivity index (χ3v) is 7.49. The summed E-state index contributed by atoms with van der Waals surface area (Å²) in [6, 6.07) is 10.8. The van der Waals surface area contributed by atoms with E-state index < -0.39 is 0 Å². The highest BCUT2D eigenvalue weighted by molar-refractivity contribution is 5.95. The van der Waals surface area contributed by atoms with E-state index in [1.807, 2.05) is 48.5 Å². The number of rotatable bonds is 6. The molecule has 0 aliphatic carbocycles. The van der Waals surface area contributed by atoms with Gasteiger partial charge in [0.25, 0.3) is 5.91 Å². The minimum Gasteiger partial charge on any atom is -0.450 e. The predicted molar refractivity (Wildman–Crippen MR) is 155 cm³/mol. The highest BCUT2D eigenvalue weighted by atomic mass is 16.6. The standard InChI is InChI=1S/C29H36N8O4/c1-5-41-29(40)35-15-12-20(13-16-35)23-7-6-14-37-25(23)31-28(32-37)30-22-10-8-21(9-11-22)26(38)36-18-17-34(4)24(19-36)27(39)33(2)3/h6-12,14,24H,5,13,15-19H2,1-4H3,(H,30,32). The van der Waals surface area contributed by atoms with E-state index in [9.17, 15) is 14.4 Å². The van der Waals surface area contributed by atoms with Crippen LogP contribution in [0, 0.1) is 0 Å². The molecule has 3 aromatic rings. The van der Waals surface area contributed by atoms with E-state index >= 15 is 0 Å². The molecule has 2 aliphatic heterocycles. The molecule has 12 heteroatoms. The molecule has 5 rings (SSSR count). The van der Waals surface area contributed by atoms with Crippen molar-refractivity contribution in [2.24, 2.45) is 0 Å². The number of ether oxygens (including phenoxy) is 1. The normalized spacial score (nSPS) is 17.8. The van der Waals surface area contributed by atoms with E-state index in [4.69, 9.17) is 9.72 Å². The van der Waals surface area contributed by atoms with Gasteiger partial charge in [0, 0.05) is 69.8 Å². The highest BCUT2D eigenvalue weighted by Gasteiger charge is 2.33. The number of hydrogen-bond donors (Lipinski definition) is 1. The Morgan fingerprint density at radius 3 is 2.54 bits per heavy atom. The van der Waals surface area contributed by atoms with Crippen molar-refractivity contribution in [3.63, 3.8) is 0 Å². The van der Waals surface area contributed by atoms with Crippen LogP contribution in [-0.2, 0) is 9.53 Å². The lowest BCUT2D eigenvalue weighted by Gasteiger charge is -2.39. The van der Waals surface area contributed by atoms with Crippen molar-refractivity contribution in [2.75, 3.05) is 65.8 Å². The van der Waals surface area contributed by atoms with Crippen molar-refractivity contribution < 1.29 is 19.1 Å². The second-order valence-corrected chi connectivity index (χ2v) is 10.4. The molecular formula is C29H36N8O4. The molecule has 4 heterocycles. The van der Waals surface area contributed by atoms with E-state index in [1.54, 1.807) is 52.4 Å². The Labute approximate surface area is 239 Å². The molecule has 0 bridgehead atoms. The molecule has 0 spiro atoms. The lowest BCUT2D eigenvalue weighted by molar-refractivity contribution is -0.135. The van der Waals surface area contributed by atoms with Gasteiger partial charge < -0.3 is 24.8 Å². The third kappa shape index (κ3) is 6.02. The van der Waals surface area contributed by atoms with Gasteiger partial charge in [-0.05, 0) is 62.4 Å². The molecule has 0 saturated carbocycles. The summed E-state index contributed by atoms with van der Waals surface area (Å²) in [4.78, 5) is 49.5. The molecule has 12 nitrogen and oxygen atoms in total. The monoisotopic (exact) mass is 560 g/mol. The second-order valence-electron chi connectivity index (χ2n) is 10.4. The fourth-order valence-corrected chi connectivity index (χ4v) is 5.13. The van der Waals surface area contributed by atoms with Crippen molar-refractivity contribution in [3.8, 4) is 0 Å². The van der Waals surface area contributed by atoms with Gasteiger partial charge in [0.15, 0.2) is 5.65 Å². The maximum atomic E-state index is 13.2. The number of pyridine rings is 1. The van der Waals surface area contributed by atoms with E-state index in [0.29, 0.717) is 57.3 Å². The maximum Gasteiger partial charge on any atom is 0.410 e. The van der Waals surface area contributed by atoms with Crippen LogP contribution in [0.1, 0.15) is 29.3 Å². The number of hydrogen-bond acceptors (Lipinski definition) is 8. The minimum atomic E-state index is -0.351. The first-order valence-corrected chi connectivity index (χ1v) is 13.8. The zero-order valence-corrected chi connectivity index (χ0v) is 23.9. The number of carbonyl (C=O) groups is 3. The lowest BCUT2D eigenvalue weighted by Crippen LogP contribution is -2.58. The molecule has 1 saturated heterocycles. The first kappa shape index (κ1) is 28.1. The first-order chi connectivity index (χ1) is 19.7. The van der Waals surface area contributed by atoms with Gasteiger partial charge in [0.05, 0.1) is 6.61 Å². The molecule has 0 radical (unpaired) electrons. The summed E-state index contributed by atoms with van der Waals surface area (Å²) in [5.74, 6) is 0.329. The summed E-state index contributed by atoms with van der Waals surface area (Å²) in [5, 5.41) is 7.81. The molecule has 1 atom stereocenters. The van der Waals surface area contributed by atoms with Gasteiger partial charge >= 0.3 is 6.09 Å². The Balaban J connectivity index is 1.26. The third-order valence-electron chi connectivity index (χ3n) is 7.49. The van der Waals surface area contributed by atoms with E-state index in [2.05, 4.69) is 10.4 Å². The summed E-state index contributed by atoms with van der Waals surface area (Å²) in [5.41, 5.74) is 4.10. The Bertz CT molecular complexity index is 1470. The quantitative estimate of drug-likeness (QED) is 0.489. The van der Waals surface area contributed by atoms with Gasteiger partial charge in [-0.2, -0.15) is 4.98 Å². The Morgan fingerprint density at radius 2 is 1.85 bits per heavy atom. The van der Waals surface area contributed by atoms with E-state index in [-0.39, 0.29) is 23.9 Å². The summed E-state index contributed by atoms with van der Waals surface area (Å²) >= 11 is 0. The predicted octanol–water partition coefficient (Wildman–Crippen LogP) is 2.56. The zero-order chi connectivity index (χ0) is 29.1. The fraction of sp³-hybridized carbons (Fsp3) is 0.414. The van der Waals surface area contributed by atoms with Gasteiger partial charge in [-0.25, -0.2) is 9.31 Å². The van der Waals surface area contributed by atoms with Crippen LogP contribution in [0.5, 0.6) is 0 Å². The molecule has 1 N–H and O–H groups in total. The van der Waals surface area contributed by atoms with Crippen LogP contribution in [0.25, 0.3) is 11.2 Å². The van der Waals surface area contributed by atoms with Crippen molar-refractivity contribution in [1.82, 2.24) is 34.2 Å². The van der Waals surface area contributed by atoms with Gasteiger partial charge in [-0.15, -0.1) is 5.10 Å². The number of nitrogens with zero attached hydrogens (tertiary/aromatic N) is 7. The topological polar surface area (TPSA) is 116 Å². The molecule has 3 amide bonds. The van der Waals surface area contributed by atoms with Crippen LogP contribution in [0.3, 0.4) is 0 Å². The summed E-state index contributed by atoms with van der Waals surface area (Å²) in [7, 11) is 5.38. The number of nitrogens with one attached hydrogen (secondary N) is 1. The fourth-order valence-electron chi connectivity index (χ4n) is 5.13. The van der Waals surface area contributed by atoms with Gasteiger partial charge in [-0.1, -0.05) is 6.08 Å². The Hall–Kier alpha value is -4.45.